The summed E-state index contributed by atoms with van der Waals surface area (Å²) in [5, 5.41) is 4.26. The van der Waals surface area contributed by atoms with Crippen LogP contribution < -0.4 is 10.1 Å². The van der Waals surface area contributed by atoms with E-state index >= 15 is 0 Å². The van der Waals surface area contributed by atoms with Gasteiger partial charge in [-0.15, -0.1) is 0 Å². The van der Waals surface area contributed by atoms with Crippen LogP contribution in [0.3, 0.4) is 0 Å². The fraction of sp³-hybridized carbons (Fsp3) is 0.200. The molecule has 0 spiro atoms. The second-order valence-electron chi connectivity index (χ2n) is 5.58. The molecule has 128 valence electrons. The van der Waals surface area contributed by atoms with Crippen LogP contribution in [0.4, 0.5) is 11.4 Å². The second-order valence-corrected chi connectivity index (χ2v) is 5.58. The van der Waals surface area contributed by atoms with Crippen LogP contribution in [0.2, 0.25) is 0 Å². The summed E-state index contributed by atoms with van der Waals surface area (Å²) >= 11 is 0. The van der Waals surface area contributed by atoms with E-state index in [2.05, 4.69) is 29.4 Å². The number of benzene rings is 2. The predicted octanol–water partition coefficient (Wildman–Crippen LogP) is 4.34. The molecule has 3 rings (SSSR count). The van der Waals surface area contributed by atoms with Crippen molar-refractivity contribution in [2.75, 3.05) is 19.5 Å². The molecule has 1 heterocycles. The van der Waals surface area contributed by atoms with Crippen molar-refractivity contribution in [3.8, 4) is 5.75 Å². The van der Waals surface area contributed by atoms with Gasteiger partial charge in [-0.2, -0.15) is 0 Å². The number of aryl methyl sites for hydroxylation is 1. The van der Waals surface area contributed by atoms with Crippen LogP contribution in [-0.2, 0) is 11.2 Å². The number of fused-ring (bicyclic) bond motifs is 1. The van der Waals surface area contributed by atoms with E-state index < -0.39 is 5.97 Å². The van der Waals surface area contributed by atoms with E-state index in [9.17, 15) is 4.79 Å². The van der Waals surface area contributed by atoms with Crippen LogP contribution in [0.1, 0.15) is 23.0 Å². The summed E-state index contributed by atoms with van der Waals surface area (Å²) in [7, 11) is 2.92. The standard InChI is InChI=1S/C20H20N2O3/c1-4-13-7-5-8-14(11-13)21-16-12-17(20(23)25-3)22-19-15(16)9-6-10-18(19)24-2/h5-12H,4H2,1-3H3,(H,21,22). The molecule has 1 N–H and O–H groups in total. The van der Waals surface area contributed by atoms with Crippen LogP contribution in [0.5, 0.6) is 5.75 Å². The zero-order valence-electron chi connectivity index (χ0n) is 14.5. The van der Waals surface area contributed by atoms with Gasteiger partial charge in [-0.1, -0.05) is 31.2 Å². The number of hydrogen-bond donors (Lipinski definition) is 1. The first-order valence-electron chi connectivity index (χ1n) is 8.08. The van der Waals surface area contributed by atoms with Crippen molar-refractivity contribution in [1.82, 2.24) is 4.98 Å². The molecular formula is C20H20N2O3. The molecule has 0 bridgehead atoms. The van der Waals surface area contributed by atoms with Crippen LogP contribution in [0, 0.1) is 0 Å². The molecule has 0 radical (unpaired) electrons. The summed E-state index contributed by atoms with van der Waals surface area (Å²) in [6.07, 6.45) is 0.952. The van der Waals surface area contributed by atoms with Crippen molar-refractivity contribution >= 4 is 28.2 Å². The van der Waals surface area contributed by atoms with E-state index in [1.807, 2.05) is 30.3 Å². The second kappa shape index (κ2) is 7.21. The molecule has 25 heavy (non-hydrogen) atoms. The average Bonchev–Trinajstić information content (AvgIpc) is 2.66. The fourth-order valence-electron chi connectivity index (χ4n) is 2.72. The minimum absolute atomic E-state index is 0.230. The third-order valence-electron chi connectivity index (χ3n) is 4.03. The quantitative estimate of drug-likeness (QED) is 0.703. The highest BCUT2D eigenvalue weighted by molar-refractivity contribution is 6.00. The Labute approximate surface area is 146 Å². The number of esters is 1. The summed E-state index contributed by atoms with van der Waals surface area (Å²) in [5.41, 5.74) is 3.80. The molecule has 1 aromatic heterocycles. The van der Waals surface area contributed by atoms with E-state index in [1.165, 1.54) is 12.7 Å². The SMILES string of the molecule is CCc1cccc(Nc2cc(C(=O)OC)nc3c(OC)cccc23)c1. The van der Waals surface area contributed by atoms with Gasteiger partial charge in [0.15, 0.2) is 5.69 Å². The van der Waals surface area contributed by atoms with Crippen LogP contribution in [0.15, 0.2) is 48.5 Å². The van der Waals surface area contributed by atoms with Gasteiger partial charge in [0.25, 0.3) is 0 Å². The molecular weight excluding hydrogens is 316 g/mol. The van der Waals surface area contributed by atoms with Crippen molar-refractivity contribution in [3.05, 3.63) is 59.8 Å². The molecule has 0 saturated carbocycles. The number of methoxy groups -OCH3 is 2. The van der Waals surface area contributed by atoms with E-state index in [0.717, 1.165) is 23.2 Å². The van der Waals surface area contributed by atoms with Crippen molar-refractivity contribution in [2.24, 2.45) is 0 Å². The largest absolute Gasteiger partial charge is 0.494 e. The first kappa shape index (κ1) is 16.8. The van der Waals surface area contributed by atoms with Crippen LogP contribution in [0.25, 0.3) is 10.9 Å². The topological polar surface area (TPSA) is 60.5 Å². The minimum Gasteiger partial charge on any atom is -0.494 e. The Hall–Kier alpha value is -3.08. The highest BCUT2D eigenvalue weighted by Crippen LogP contribution is 2.32. The number of aromatic nitrogens is 1. The van der Waals surface area contributed by atoms with Gasteiger partial charge in [0.2, 0.25) is 0 Å². The molecule has 0 fully saturated rings. The Kier molecular flexibility index (Phi) is 4.84. The number of carbonyl (C=O) groups excluding carboxylic acids is 1. The van der Waals surface area contributed by atoms with Crippen molar-refractivity contribution in [2.45, 2.75) is 13.3 Å². The lowest BCUT2D eigenvalue weighted by molar-refractivity contribution is 0.0594. The summed E-state index contributed by atoms with van der Waals surface area (Å²) in [4.78, 5) is 16.4. The smallest absolute Gasteiger partial charge is 0.356 e. The predicted molar refractivity (Wildman–Crippen MR) is 98.7 cm³/mol. The van der Waals surface area contributed by atoms with Gasteiger partial charge in [0.05, 0.1) is 19.9 Å². The molecule has 0 unspecified atom stereocenters. The van der Waals surface area contributed by atoms with Gasteiger partial charge in [-0.3, -0.25) is 0 Å². The van der Waals surface area contributed by atoms with Crippen molar-refractivity contribution < 1.29 is 14.3 Å². The Bertz CT molecular complexity index is 922. The molecule has 0 amide bonds. The van der Waals surface area contributed by atoms with E-state index in [0.29, 0.717) is 11.3 Å². The Morgan fingerprint density at radius 2 is 1.92 bits per heavy atom. The third-order valence-corrected chi connectivity index (χ3v) is 4.03. The van der Waals surface area contributed by atoms with Gasteiger partial charge in [0, 0.05) is 11.1 Å². The highest BCUT2D eigenvalue weighted by Gasteiger charge is 2.15. The maximum absolute atomic E-state index is 12.0. The van der Waals surface area contributed by atoms with E-state index in [1.54, 1.807) is 13.2 Å². The number of nitrogens with zero attached hydrogens (tertiary/aromatic N) is 1. The monoisotopic (exact) mass is 336 g/mol. The molecule has 2 aromatic carbocycles. The molecule has 0 aliphatic carbocycles. The Morgan fingerprint density at radius 3 is 2.64 bits per heavy atom. The number of pyridine rings is 1. The lowest BCUT2D eigenvalue weighted by Gasteiger charge is -2.13. The van der Waals surface area contributed by atoms with Gasteiger partial charge in [-0.05, 0) is 36.2 Å². The summed E-state index contributed by atoms with van der Waals surface area (Å²) in [6.45, 7) is 2.11. The number of nitrogens with one attached hydrogen (secondary N) is 1. The summed E-state index contributed by atoms with van der Waals surface area (Å²) < 4.78 is 10.2. The highest BCUT2D eigenvalue weighted by atomic mass is 16.5. The fourth-order valence-corrected chi connectivity index (χ4v) is 2.72. The number of para-hydroxylation sites is 1. The van der Waals surface area contributed by atoms with E-state index in [-0.39, 0.29) is 5.69 Å². The molecule has 0 aliphatic rings. The first-order chi connectivity index (χ1) is 12.2. The van der Waals surface area contributed by atoms with Crippen LogP contribution >= 0.6 is 0 Å². The van der Waals surface area contributed by atoms with Gasteiger partial charge in [0.1, 0.15) is 11.3 Å². The number of carbonyl (C=O) groups is 1. The maximum atomic E-state index is 12.0. The number of rotatable bonds is 5. The molecule has 5 heteroatoms. The summed E-state index contributed by atoms with van der Waals surface area (Å²) in [5.74, 6) is 0.117. The van der Waals surface area contributed by atoms with Gasteiger partial charge < -0.3 is 14.8 Å². The van der Waals surface area contributed by atoms with Crippen molar-refractivity contribution in [3.63, 3.8) is 0 Å². The first-order valence-corrected chi connectivity index (χ1v) is 8.08. The lowest BCUT2D eigenvalue weighted by atomic mass is 10.1. The average molecular weight is 336 g/mol. The number of hydrogen-bond acceptors (Lipinski definition) is 5. The molecule has 3 aromatic rings. The summed E-state index contributed by atoms with van der Waals surface area (Å²) in [6, 6.07) is 15.5. The zero-order chi connectivity index (χ0) is 17.8. The third kappa shape index (κ3) is 3.40. The Balaban J connectivity index is 2.16. The minimum atomic E-state index is -0.488. The van der Waals surface area contributed by atoms with E-state index in [4.69, 9.17) is 9.47 Å². The number of anilines is 2. The van der Waals surface area contributed by atoms with Crippen molar-refractivity contribution in [1.29, 1.82) is 0 Å². The Morgan fingerprint density at radius 1 is 1.12 bits per heavy atom. The van der Waals surface area contributed by atoms with Crippen LogP contribution in [-0.4, -0.2) is 25.2 Å². The normalized spacial score (nSPS) is 10.5. The molecule has 5 nitrogen and oxygen atoms in total. The van der Waals surface area contributed by atoms with Gasteiger partial charge >= 0.3 is 5.97 Å². The molecule has 0 aliphatic heterocycles. The lowest BCUT2D eigenvalue weighted by Crippen LogP contribution is -2.06. The number of ether oxygens (including phenoxy) is 2. The molecule has 0 atom stereocenters. The van der Waals surface area contributed by atoms with Gasteiger partial charge in [-0.25, -0.2) is 9.78 Å². The maximum Gasteiger partial charge on any atom is 0.356 e. The zero-order valence-corrected chi connectivity index (χ0v) is 14.5. The molecule has 0 saturated heterocycles.